The zero-order valence-corrected chi connectivity index (χ0v) is 15.1. The summed E-state index contributed by atoms with van der Waals surface area (Å²) in [7, 11) is 0. The minimum Gasteiger partial charge on any atom is -0.334 e. The average Bonchev–Trinajstić information content (AvgIpc) is 3.10. The van der Waals surface area contributed by atoms with Crippen molar-refractivity contribution in [1.82, 2.24) is 15.1 Å². The molecule has 25 heavy (non-hydrogen) atoms. The van der Waals surface area contributed by atoms with Gasteiger partial charge in [0.1, 0.15) is 0 Å². The van der Waals surface area contributed by atoms with E-state index in [1.165, 1.54) is 0 Å². The molecular formula is C20H28N4O. The average molecular weight is 340 g/mol. The van der Waals surface area contributed by atoms with Crippen LogP contribution >= 0.6 is 0 Å². The standard InChI is InChI=1S/C20H28N4O/c1-2-11-23-12-8-18(15-23)22-19(25)24-13-9-20(16-21,10-14-24)17-6-4-3-5-7-17/h3-7,18H,2,8-15H2,1H3,(H,22,25)/t18-/m0/s1. The molecule has 0 spiro atoms. The number of nitrogens with one attached hydrogen (secondary N) is 1. The molecule has 0 bridgehead atoms. The SMILES string of the molecule is CCCN1CC[C@H](NC(=O)N2CCC(C#N)(c3ccccc3)CC2)C1. The second-order valence-electron chi connectivity index (χ2n) is 7.28. The summed E-state index contributed by atoms with van der Waals surface area (Å²) < 4.78 is 0. The number of hydrogen-bond acceptors (Lipinski definition) is 3. The van der Waals surface area contributed by atoms with E-state index < -0.39 is 5.41 Å². The number of hydrogen-bond donors (Lipinski definition) is 1. The number of carbonyl (C=O) groups is 1. The van der Waals surface area contributed by atoms with Crippen molar-refractivity contribution in [3.8, 4) is 6.07 Å². The molecule has 0 unspecified atom stereocenters. The van der Waals surface area contributed by atoms with Crippen molar-refractivity contribution in [1.29, 1.82) is 5.26 Å². The van der Waals surface area contributed by atoms with E-state index in [9.17, 15) is 10.1 Å². The van der Waals surface area contributed by atoms with E-state index in [2.05, 4.69) is 23.2 Å². The molecule has 2 heterocycles. The van der Waals surface area contributed by atoms with Crippen LogP contribution in [0, 0.1) is 11.3 Å². The first kappa shape index (κ1) is 17.8. The van der Waals surface area contributed by atoms with E-state index in [-0.39, 0.29) is 12.1 Å². The topological polar surface area (TPSA) is 59.4 Å². The van der Waals surface area contributed by atoms with E-state index >= 15 is 0 Å². The van der Waals surface area contributed by atoms with Gasteiger partial charge in [0.2, 0.25) is 0 Å². The fourth-order valence-corrected chi connectivity index (χ4v) is 4.05. The third kappa shape index (κ3) is 3.96. The Bertz CT molecular complexity index is 616. The van der Waals surface area contributed by atoms with E-state index in [0.29, 0.717) is 25.9 Å². The van der Waals surface area contributed by atoms with E-state index in [4.69, 9.17) is 0 Å². The quantitative estimate of drug-likeness (QED) is 0.917. The molecule has 1 aromatic carbocycles. The number of nitriles is 1. The molecule has 0 aliphatic carbocycles. The summed E-state index contributed by atoms with van der Waals surface area (Å²) in [5, 5.41) is 12.9. The summed E-state index contributed by atoms with van der Waals surface area (Å²) in [5.41, 5.74) is 0.618. The highest BCUT2D eigenvalue weighted by Gasteiger charge is 2.38. The van der Waals surface area contributed by atoms with Crippen molar-refractivity contribution in [2.75, 3.05) is 32.7 Å². The number of rotatable bonds is 4. The predicted molar refractivity (Wildman–Crippen MR) is 98.2 cm³/mol. The van der Waals surface area contributed by atoms with Gasteiger partial charge in [0.05, 0.1) is 11.5 Å². The number of urea groups is 1. The highest BCUT2D eigenvalue weighted by atomic mass is 16.2. The van der Waals surface area contributed by atoms with Crippen LogP contribution in [0.2, 0.25) is 0 Å². The van der Waals surface area contributed by atoms with Gasteiger partial charge in [-0.2, -0.15) is 5.26 Å². The fraction of sp³-hybridized carbons (Fsp3) is 0.600. The molecule has 1 aromatic rings. The third-order valence-electron chi connectivity index (χ3n) is 5.58. The van der Waals surface area contributed by atoms with Gasteiger partial charge in [-0.1, -0.05) is 37.3 Å². The van der Waals surface area contributed by atoms with Crippen LogP contribution in [0.1, 0.15) is 38.2 Å². The molecule has 3 rings (SSSR count). The monoisotopic (exact) mass is 340 g/mol. The third-order valence-corrected chi connectivity index (χ3v) is 5.58. The molecule has 5 heteroatoms. The predicted octanol–water partition coefficient (Wildman–Crippen LogP) is 2.74. The maximum Gasteiger partial charge on any atom is 0.317 e. The molecule has 0 saturated carbocycles. The molecule has 2 aliphatic heterocycles. The maximum atomic E-state index is 12.6. The second kappa shape index (κ2) is 7.88. The van der Waals surface area contributed by atoms with Gasteiger partial charge >= 0.3 is 6.03 Å². The van der Waals surface area contributed by atoms with E-state index in [1.807, 2.05) is 35.2 Å². The summed E-state index contributed by atoms with van der Waals surface area (Å²) in [6.07, 6.45) is 3.59. The highest BCUT2D eigenvalue weighted by molar-refractivity contribution is 5.74. The van der Waals surface area contributed by atoms with Crippen molar-refractivity contribution in [3.63, 3.8) is 0 Å². The maximum absolute atomic E-state index is 12.6. The fourth-order valence-electron chi connectivity index (χ4n) is 4.05. The van der Waals surface area contributed by atoms with Crippen LogP contribution in [-0.4, -0.2) is 54.6 Å². The Labute approximate surface area is 150 Å². The van der Waals surface area contributed by atoms with Gasteiger partial charge in [0.15, 0.2) is 0 Å². The van der Waals surface area contributed by atoms with Crippen LogP contribution in [0.25, 0.3) is 0 Å². The summed E-state index contributed by atoms with van der Waals surface area (Å²) >= 11 is 0. The van der Waals surface area contributed by atoms with Crippen LogP contribution in [-0.2, 0) is 5.41 Å². The molecule has 1 N–H and O–H groups in total. The van der Waals surface area contributed by atoms with Gasteiger partial charge in [-0.05, 0) is 37.8 Å². The molecule has 0 aromatic heterocycles. The number of benzene rings is 1. The number of carbonyl (C=O) groups excluding carboxylic acids is 1. The van der Waals surface area contributed by atoms with Gasteiger partial charge in [0, 0.05) is 32.2 Å². The molecule has 134 valence electrons. The van der Waals surface area contributed by atoms with Gasteiger partial charge in [0.25, 0.3) is 0 Å². The lowest BCUT2D eigenvalue weighted by Crippen LogP contribution is -2.51. The molecule has 2 saturated heterocycles. The molecule has 0 radical (unpaired) electrons. The Hall–Kier alpha value is -2.06. The van der Waals surface area contributed by atoms with Crippen molar-refractivity contribution in [2.24, 2.45) is 0 Å². The first-order valence-electron chi connectivity index (χ1n) is 9.41. The Balaban J connectivity index is 1.53. The molecule has 2 amide bonds. The van der Waals surface area contributed by atoms with Crippen LogP contribution < -0.4 is 5.32 Å². The molecular weight excluding hydrogens is 312 g/mol. The molecule has 5 nitrogen and oxygen atoms in total. The smallest absolute Gasteiger partial charge is 0.317 e. The van der Waals surface area contributed by atoms with Gasteiger partial charge in [-0.25, -0.2) is 4.79 Å². The van der Waals surface area contributed by atoms with Crippen molar-refractivity contribution in [2.45, 2.75) is 44.1 Å². The second-order valence-corrected chi connectivity index (χ2v) is 7.28. The summed E-state index contributed by atoms with van der Waals surface area (Å²) in [5.74, 6) is 0. The van der Waals surface area contributed by atoms with Crippen LogP contribution in [0.4, 0.5) is 4.79 Å². The number of nitrogens with zero attached hydrogens (tertiary/aromatic N) is 3. The number of likely N-dealkylation sites (tertiary alicyclic amines) is 2. The molecule has 1 atom stereocenters. The Morgan fingerprint density at radius 3 is 2.64 bits per heavy atom. The van der Waals surface area contributed by atoms with Crippen molar-refractivity contribution in [3.05, 3.63) is 35.9 Å². The first-order valence-corrected chi connectivity index (χ1v) is 9.41. The molecule has 2 aliphatic rings. The summed E-state index contributed by atoms with van der Waals surface area (Å²) in [4.78, 5) is 16.9. The van der Waals surface area contributed by atoms with Crippen LogP contribution in [0.5, 0.6) is 0 Å². The first-order chi connectivity index (χ1) is 12.2. The lowest BCUT2D eigenvalue weighted by molar-refractivity contribution is 0.168. The number of amides is 2. The number of piperidine rings is 1. The summed E-state index contributed by atoms with van der Waals surface area (Å²) in [6, 6.07) is 12.8. The highest BCUT2D eigenvalue weighted by Crippen LogP contribution is 2.34. The summed E-state index contributed by atoms with van der Waals surface area (Å²) in [6.45, 7) is 6.61. The van der Waals surface area contributed by atoms with E-state index in [0.717, 1.165) is 38.0 Å². The van der Waals surface area contributed by atoms with E-state index in [1.54, 1.807) is 0 Å². The zero-order valence-electron chi connectivity index (χ0n) is 15.1. The van der Waals surface area contributed by atoms with Crippen molar-refractivity contribution < 1.29 is 4.79 Å². The van der Waals surface area contributed by atoms with Crippen LogP contribution in [0.15, 0.2) is 30.3 Å². The van der Waals surface area contributed by atoms with Crippen molar-refractivity contribution >= 4 is 6.03 Å². The van der Waals surface area contributed by atoms with Gasteiger partial charge in [-0.15, -0.1) is 0 Å². The minimum absolute atomic E-state index is 0.0305. The zero-order chi connectivity index (χ0) is 17.7. The largest absolute Gasteiger partial charge is 0.334 e. The molecule has 2 fully saturated rings. The Morgan fingerprint density at radius 2 is 2.00 bits per heavy atom. The lowest BCUT2D eigenvalue weighted by atomic mass is 9.74. The van der Waals surface area contributed by atoms with Gasteiger partial charge in [-0.3, -0.25) is 0 Å². The minimum atomic E-state index is -0.455. The Morgan fingerprint density at radius 1 is 1.28 bits per heavy atom. The lowest BCUT2D eigenvalue weighted by Gasteiger charge is -2.38. The van der Waals surface area contributed by atoms with Crippen LogP contribution in [0.3, 0.4) is 0 Å². The van der Waals surface area contributed by atoms with Gasteiger partial charge < -0.3 is 15.1 Å². The Kier molecular flexibility index (Phi) is 5.60. The normalized spacial score (nSPS) is 23.2.